The number of hydrogen-bond acceptors (Lipinski definition) is 5. The molecule has 3 fully saturated rings. The average molecular weight is 476 g/mol. The molecule has 0 saturated heterocycles. The molecule has 35 heavy (non-hydrogen) atoms. The highest BCUT2D eigenvalue weighted by Crippen LogP contribution is 2.52. The quantitative estimate of drug-likeness (QED) is 0.370. The van der Waals surface area contributed by atoms with Gasteiger partial charge in [-0.15, -0.1) is 0 Å². The van der Waals surface area contributed by atoms with Crippen LogP contribution in [0.15, 0.2) is 30.9 Å². The highest BCUT2D eigenvalue weighted by molar-refractivity contribution is 5.93. The number of carbonyl (C=O) groups excluding carboxylic acids is 1. The first-order valence-electron chi connectivity index (χ1n) is 12.6. The number of fused-ring (bicyclic) bond motifs is 5. The van der Waals surface area contributed by atoms with Crippen molar-refractivity contribution in [3.63, 3.8) is 0 Å². The number of rotatable bonds is 5. The third-order valence-corrected chi connectivity index (χ3v) is 8.02. The van der Waals surface area contributed by atoms with E-state index < -0.39 is 5.82 Å². The van der Waals surface area contributed by atoms with Crippen LogP contribution in [0.3, 0.4) is 0 Å². The minimum atomic E-state index is -0.402. The highest BCUT2D eigenvalue weighted by atomic mass is 19.1. The van der Waals surface area contributed by atoms with Gasteiger partial charge in [-0.05, 0) is 62.0 Å². The topological polar surface area (TPSA) is 85.7 Å². The Hall–Kier alpha value is -3.29. The van der Waals surface area contributed by atoms with Gasteiger partial charge in [0.2, 0.25) is 0 Å². The lowest BCUT2D eigenvalue weighted by Crippen LogP contribution is -2.45. The third-order valence-electron chi connectivity index (χ3n) is 8.02. The molecule has 2 atom stereocenters. The zero-order valence-electron chi connectivity index (χ0n) is 20.3. The summed E-state index contributed by atoms with van der Waals surface area (Å²) in [7, 11) is 0. The van der Waals surface area contributed by atoms with E-state index in [0.29, 0.717) is 40.9 Å². The van der Waals surface area contributed by atoms with Gasteiger partial charge in [0, 0.05) is 34.9 Å². The largest absolute Gasteiger partial charge is 0.466 e. The van der Waals surface area contributed by atoms with Gasteiger partial charge in [0.15, 0.2) is 5.82 Å². The van der Waals surface area contributed by atoms with Crippen LogP contribution >= 0.6 is 0 Å². The SMILES string of the molecule is CCOC(=O)[C@@H]1C2CCC(CC2)[C@H]1n1cc(C(C)C)c2cnc(-c3c[nH]c4ncc(F)cc34)nc21. The van der Waals surface area contributed by atoms with E-state index in [9.17, 15) is 9.18 Å². The number of aromatic nitrogens is 5. The molecule has 0 radical (unpaired) electrons. The molecule has 3 aliphatic rings. The van der Waals surface area contributed by atoms with E-state index in [2.05, 4.69) is 39.6 Å². The van der Waals surface area contributed by atoms with Crippen LogP contribution in [-0.4, -0.2) is 37.1 Å². The number of hydrogen-bond donors (Lipinski definition) is 1. The number of H-pyrrole nitrogens is 1. The summed E-state index contributed by atoms with van der Waals surface area (Å²) in [6, 6.07) is 1.47. The van der Waals surface area contributed by atoms with Crippen molar-refractivity contribution in [2.75, 3.05) is 6.61 Å². The number of halogens is 1. The van der Waals surface area contributed by atoms with Gasteiger partial charge in [-0.2, -0.15) is 0 Å². The molecule has 0 amide bonds. The second-order valence-corrected chi connectivity index (χ2v) is 10.3. The summed E-state index contributed by atoms with van der Waals surface area (Å²) in [5.74, 6) is 0.888. The molecule has 4 heterocycles. The molecule has 4 aromatic rings. The first-order chi connectivity index (χ1) is 17.0. The van der Waals surface area contributed by atoms with Gasteiger partial charge in [0.05, 0.1) is 24.8 Å². The number of esters is 1. The van der Waals surface area contributed by atoms with E-state index in [1.807, 2.05) is 13.1 Å². The molecule has 7 rings (SSSR count). The van der Waals surface area contributed by atoms with Crippen molar-refractivity contribution in [2.24, 2.45) is 17.8 Å². The molecule has 4 aromatic heterocycles. The smallest absolute Gasteiger partial charge is 0.311 e. The fraction of sp³-hybridized carbons (Fsp3) is 0.481. The number of carbonyl (C=O) groups is 1. The number of ether oxygens (including phenoxy) is 1. The Labute approximate surface area is 203 Å². The van der Waals surface area contributed by atoms with E-state index in [0.717, 1.165) is 36.7 Å². The standard InChI is InChI=1S/C27H30FN5O2/c1-4-35-27(34)22-15-5-7-16(8-6-15)23(22)33-13-21(14(2)3)20-12-31-25(32-26(20)33)19-11-30-24-18(19)9-17(28)10-29-24/h9-16,22-23H,4-8H2,1-3H3,(H,29,30)/t15?,16?,22-,23-/m1/s1. The molecule has 2 bridgehead atoms. The molecule has 1 N–H and O–H groups in total. The van der Waals surface area contributed by atoms with Gasteiger partial charge in [-0.3, -0.25) is 4.79 Å². The normalized spacial score (nSPS) is 24.0. The molecule has 0 unspecified atom stereocenters. The maximum Gasteiger partial charge on any atom is 0.311 e. The lowest BCUT2D eigenvalue weighted by molar-refractivity contribution is -0.157. The summed E-state index contributed by atoms with van der Waals surface area (Å²) in [4.78, 5) is 30.1. The van der Waals surface area contributed by atoms with Crippen LogP contribution in [0.5, 0.6) is 0 Å². The van der Waals surface area contributed by atoms with Gasteiger partial charge in [0.25, 0.3) is 0 Å². The minimum Gasteiger partial charge on any atom is -0.466 e. The molecule has 0 spiro atoms. The van der Waals surface area contributed by atoms with E-state index in [4.69, 9.17) is 9.72 Å². The second kappa shape index (κ2) is 8.43. The molecule has 8 heteroatoms. The number of pyridine rings is 1. The monoisotopic (exact) mass is 475 g/mol. The number of nitrogens with one attached hydrogen (secondary N) is 1. The Balaban J connectivity index is 1.54. The van der Waals surface area contributed by atoms with Crippen molar-refractivity contribution >= 4 is 28.0 Å². The van der Waals surface area contributed by atoms with Gasteiger partial charge >= 0.3 is 5.97 Å². The zero-order valence-corrected chi connectivity index (χ0v) is 20.3. The van der Waals surface area contributed by atoms with E-state index in [1.165, 1.54) is 17.8 Å². The summed E-state index contributed by atoms with van der Waals surface area (Å²) in [6.45, 7) is 6.59. The van der Waals surface area contributed by atoms with Crippen LogP contribution in [0.4, 0.5) is 4.39 Å². The van der Waals surface area contributed by atoms with E-state index >= 15 is 0 Å². The predicted octanol–water partition coefficient (Wildman–Crippen LogP) is 5.78. The van der Waals surface area contributed by atoms with E-state index in [-0.39, 0.29) is 23.8 Å². The minimum absolute atomic E-state index is 0.0152. The van der Waals surface area contributed by atoms with Crippen LogP contribution < -0.4 is 0 Å². The van der Waals surface area contributed by atoms with Crippen molar-refractivity contribution < 1.29 is 13.9 Å². The molecule has 182 valence electrons. The van der Waals surface area contributed by atoms with Crippen molar-refractivity contribution in [2.45, 2.75) is 58.4 Å². The van der Waals surface area contributed by atoms with Gasteiger partial charge in [-0.25, -0.2) is 19.3 Å². The molecular formula is C27H30FN5O2. The molecule has 7 nitrogen and oxygen atoms in total. The Morgan fingerprint density at radius 2 is 1.94 bits per heavy atom. The first kappa shape index (κ1) is 22.2. The van der Waals surface area contributed by atoms with Crippen LogP contribution in [-0.2, 0) is 9.53 Å². The molecule has 0 aliphatic heterocycles. The first-order valence-corrected chi connectivity index (χ1v) is 12.6. The molecular weight excluding hydrogens is 445 g/mol. The summed E-state index contributed by atoms with van der Waals surface area (Å²) in [5, 5.41) is 1.64. The number of nitrogens with zero attached hydrogens (tertiary/aromatic N) is 4. The second-order valence-electron chi connectivity index (χ2n) is 10.3. The predicted molar refractivity (Wildman–Crippen MR) is 131 cm³/mol. The molecule has 3 aliphatic carbocycles. The summed E-state index contributed by atoms with van der Waals surface area (Å²) in [6.07, 6.45) is 11.4. The summed E-state index contributed by atoms with van der Waals surface area (Å²) >= 11 is 0. The zero-order chi connectivity index (χ0) is 24.3. The van der Waals surface area contributed by atoms with Gasteiger partial charge in [0.1, 0.15) is 17.1 Å². The summed E-state index contributed by atoms with van der Waals surface area (Å²) in [5.41, 5.74) is 3.29. The molecule has 0 aromatic carbocycles. The average Bonchev–Trinajstić information content (AvgIpc) is 3.45. The molecule has 3 saturated carbocycles. The Kier molecular flexibility index (Phi) is 5.34. The van der Waals surface area contributed by atoms with Crippen LogP contribution in [0, 0.1) is 23.6 Å². The summed E-state index contributed by atoms with van der Waals surface area (Å²) < 4.78 is 21.8. The maximum atomic E-state index is 14.0. The van der Waals surface area contributed by atoms with Crippen molar-refractivity contribution in [3.8, 4) is 11.4 Å². The Morgan fingerprint density at radius 1 is 1.17 bits per heavy atom. The van der Waals surface area contributed by atoms with E-state index in [1.54, 1.807) is 6.20 Å². The van der Waals surface area contributed by atoms with Crippen molar-refractivity contribution in [1.82, 2.24) is 24.5 Å². The van der Waals surface area contributed by atoms with Crippen molar-refractivity contribution in [3.05, 3.63) is 42.2 Å². The van der Waals surface area contributed by atoms with Crippen LogP contribution in [0.1, 0.15) is 64.0 Å². The lowest BCUT2D eigenvalue weighted by Gasteiger charge is -2.47. The lowest BCUT2D eigenvalue weighted by atomic mass is 9.61. The maximum absolute atomic E-state index is 14.0. The Morgan fingerprint density at radius 3 is 2.69 bits per heavy atom. The van der Waals surface area contributed by atoms with Crippen molar-refractivity contribution in [1.29, 1.82) is 0 Å². The Bertz CT molecular complexity index is 1420. The van der Waals surface area contributed by atoms with Crippen LogP contribution in [0.2, 0.25) is 0 Å². The van der Waals surface area contributed by atoms with Crippen LogP contribution in [0.25, 0.3) is 33.5 Å². The van der Waals surface area contributed by atoms with Gasteiger partial charge < -0.3 is 14.3 Å². The number of aromatic amines is 1. The highest BCUT2D eigenvalue weighted by Gasteiger charge is 2.49. The van der Waals surface area contributed by atoms with Gasteiger partial charge in [-0.1, -0.05) is 13.8 Å². The fourth-order valence-corrected chi connectivity index (χ4v) is 6.42. The third kappa shape index (κ3) is 3.53. The fourth-order valence-electron chi connectivity index (χ4n) is 6.42.